The molecule has 0 saturated heterocycles. The maximum Gasteiger partial charge on any atom is 0.155 e. The van der Waals surface area contributed by atoms with Crippen LogP contribution in [0.5, 0.6) is 0 Å². The van der Waals surface area contributed by atoms with Crippen molar-refractivity contribution >= 4 is 11.3 Å². The Morgan fingerprint density at radius 1 is 1.50 bits per heavy atom. The summed E-state index contributed by atoms with van der Waals surface area (Å²) in [5.74, 6) is 1.40. The number of nitrogens with zero attached hydrogens (tertiary/aromatic N) is 3. The molecule has 0 aliphatic carbocycles. The Morgan fingerprint density at radius 2 is 2.31 bits per heavy atom. The molecule has 0 amide bonds. The number of rotatable bonds is 4. The van der Waals surface area contributed by atoms with Gasteiger partial charge in [-0.05, 0) is 17.4 Å². The molecular weight excluding hydrogens is 220 g/mol. The van der Waals surface area contributed by atoms with Crippen molar-refractivity contribution in [1.29, 1.82) is 0 Å². The Hall–Kier alpha value is -1.20. The second-order valence-electron chi connectivity index (χ2n) is 4.23. The second kappa shape index (κ2) is 4.76. The molecule has 86 valence electrons. The van der Waals surface area contributed by atoms with Gasteiger partial charge in [-0.1, -0.05) is 19.9 Å². The minimum atomic E-state index is -0.166. The highest BCUT2D eigenvalue weighted by Crippen LogP contribution is 2.22. The highest BCUT2D eigenvalue weighted by molar-refractivity contribution is 7.10. The van der Waals surface area contributed by atoms with Crippen LogP contribution < -0.4 is 5.73 Å². The summed E-state index contributed by atoms with van der Waals surface area (Å²) >= 11 is 1.65. The molecule has 0 fully saturated rings. The quantitative estimate of drug-likeness (QED) is 0.883. The Morgan fingerprint density at radius 3 is 2.94 bits per heavy atom. The van der Waals surface area contributed by atoms with E-state index in [0.717, 1.165) is 17.2 Å². The van der Waals surface area contributed by atoms with Crippen molar-refractivity contribution < 1.29 is 0 Å². The number of nitrogens with two attached hydrogens (primary N) is 1. The first-order valence-corrected chi connectivity index (χ1v) is 6.23. The van der Waals surface area contributed by atoms with Crippen molar-refractivity contribution in [3.63, 3.8) is 0 Å². The molecule has 2 aromatic rings. The third-order valence-corrected chi connectivity index (χ3v) is 3.29. The van der Waals surface area contributed by atoms with E-state index in [1.165, 1.54) is 0 Å². The van der Waals surface area contributed by atoms with E-state index in [0.29, 0.717) is 5.92 Å². The van der Waals surface area contributed by atoms with Gasteiger partial charge >= 0.3 is 0 Å². The number of hydrogen-bond donors (Lipinski definition) is 1. The third-order valence-electron chi connectivity index (χ3n) is 2.34. The van der Waals surface area contributed by atoms with Gasteiger partial charge in [0.25, 0.3) is 0 Å². The highest BCUT2D eigenvalue weighted by atomic mass is 32.1. The molecule has 2 rings (SSSR count). The molecule has 1 unspecified atom stereocenters. The monoisotopic (exact) mass is 236 g/mol. The van der Waals surface area contributed by atoms with Gasteiger partial charge in [0.1, 0.15) is 12.4 Å². The standard InChI is InChI=1S/C11H16N4S/c1-8(2)6-15-7-13-14-11(15)10(12)9-4-3-5-16-9/h3-5,7-8,10H,6,12H2,1-2H3. The molecule has 2 heterocycles. The Kier molecular flexibility index (Phi) is 3.36. The van der Waals surface area contributed by atoms with E-state index in [2.05, 4.69) is 24.0 Å². The predicted octanol–water partition coefficient (Wildman–Crippen LogP) is 2.04. The summed E-state index contributed by atoms with van der Waals surface area (Å²) in [6.45, 7) is 5.24. The number of hydrogen-bond acceptors (Lipinski definition) is 4. The van der Waals surface area contributed by atoms with Gasteiger partial charge < -0.3 is 10.3 Å². The van der Waals surface area contributed by atoms with Crippen LogP contribution in [0.4, 0.5) is 0 Å². The predicted molar refractivity (Wildman–Crippen MR) is 65.2 cm³/mol. The van der Waals surface area contributed by atoms with E-state index in [9.17, 15) is 0 Å². The van der Waals surface area contributed by atoms with Crippen LogP contribution >= 0.6 is 11.3 Å². The summed E-state index contributed by atoms with van der Waals surface area (Å²) in [6.07, 6.45) is 1.75. The number of aromatic nitrogens is 3. The lowest BCUT2D eigenvalue weighted by molar-refractivity contribution is 0.500. The zero-order valence-electron chi connectivity index (χ0n) is 9.50. The Labute approximate surface area is 99.1 Å². The first kappa shape index (κ1) is 11.3. The summed E-state index contributed by atoms with van der Waals surface area (Å²) in [4.78, 5) is 1.12. The summed E-state index contributed by atoms with van der Waals surface area (Å²) in [6, 6.07) is 3.87. The Balaban J connectivity index is 2.23. The summed E-state index contributed by atoms with van der Waals surface area (Å²) in [7, 11) is 0. The highest BCUT2D eigenvalue weighted by Gasteiger charge is 2.16. The average molecular weight is 236 g/mol. The van der Waals surface area contributed by atoms with E-state index in [1.807, 2.05) is 22.1 Å². The average Bonchev–Trinajstić information content (AvgIpc) is 2.84. The molecule has 0 radical (unpaired) electrons. The van der Waals surface area contributed by atoms with E-state index >= 15 is 0 Å². The summed E-state index contributed by atoms with van der Waals surface area (Å²) in [5.41, 5.74) is 6.17. The van der Waals surface area contributed by atoms with Crippen LogP contribution in [-0.4, -0.2) is 14.8 Å². The first-order valence-electron chi connectivity index (χ1n) is 5.35. The van der Waals surface area contributed by atoms with Crippen molar-refractivity contribution in [2.75, 3.05) is 0 Å². The minimum absolute atomic E-state index is 0.166. The Bertz CT molecular complexity index is 433. The topological polar surface area (TPSA) is 56.7 Å². The fourth-order valence-corrected chi connectivity index (χ4v) is 2.36. The van der Waals surface area contributed by atoms with Crippen molar-refractivity contribution in [1.82, 2.24) is 14.8 Å². The lowest BCUT2D eigenvalue weighted by Gasteiger charge is -2.13. The van der Waals surface area contributed by atoms with Crippen LogP contribution in [-0.2, 0) is 6.54 Å². The number of thiophene rings is 1. The molecule has 0 bridgehead atoms. The van der Waals surface area contributed by atoms with Crippen molar-refractivity contribution in [2.24, 2.45) is 11.7 Å². The fourth-order valence-electron chi connectivity index (χ4n) is 1.63. The fraction of sp³-hybridized carbons (Fsp3) is 0.455. The maximum absolute atomic E-state index is 6.17. The van der Waals surface area contributed by atoms with Crippen molar-refractivity contribution in [3.8, 4) is 0 Å². The molecule has 0 saturated carbocycles. The molecule has 16 heavy (non-hydrogen) atoms. The van der Waals surface area contributed by atoms with Gasteiger partial charge in [-0.15, -0.1) is 21.5 Å². The molecule has 1 atom stereocenters. The van der Waals surface area contributed by atoms with Crippen LogP contribution in [0.15, 0.2) is 23.8 Å². The summed E-state index contributed by atoms with van der Waals surface area (Å²) < 4.78 is 2.04. The van der Waals surface area contributed by atoms with Gasteiger partial charge in [0, 0.05) is 11.4 Å². The van der Waals surface area contributed by atoms with Gasteiger partial charge in [0.15, 0.2) is 5.82 Å². The molecule has 0 aromatic carbocycles. The van der Waals surface area contributed by atoms with Gasteiger partial charge in [0.2, 0.25) is 0 Å². The maximum atomic E-state index is 6.17. The van der Waals surface area contributed by atoms with Gasteiger partial charge in [0.05, 0.1) is 0 Å². The van der Waals surface area contributed by atoms with Crippen LogP contribution in [0.3, 0.4) is 0 Å². The van der Waals surface area contributed by atoms with Gasteiger partial charge in [-0.3, -0.25) is 0 Å². The lowest BCUT2D eigenvalue weighted by Crippen LogP contribution is -2.18. The van der Waals surface area contributed by atoms with Gasteiger partial charge in [-0.2, -0.15) is 0 Å². The van der Waals surface area contributed by atoms with E-state index in [4.69, 9.17) is 5.73 Å². The molecule has 2 N–H and O–H groups in total. The van der Waals surface area contributed by atoms with E-state index in [-0.39, 0.29) is 6.04 Å². The van der Waals surface area contributed by atoms with Crippen LogP contribution in [0.2, 0.25) is 0 Å². The normalized spacial score (nSPS) is 13.2. The largest absolute Gasteiger partial charge is 0.317 e. The molecule has 2 aromatic heterocycles. The molecular formula is C11H16N4S. The minimum Gasteiger partial charge on any atom is -0.317 e. The molecule has 0 aliphatic rings. The zero-order valence-corrected chi connectivity index (χ0v) is 10.3. The molecule has 0 spiro atoms. The SMILES string of the molecule is CC(C)Cn1cnnc1C(N)c1cccs1. The smallest absolute Gasteiger partial charge is 0.155 e. The molecule has 5 heteroatoms. The molecule has 0 aliphatic heterocycles. The van der Waals surface area contributed by atoms with Crippen molar-refractivity contribution in [3.05, 3.63) is 34.5 Å². The van der Waals surface area contributed by atoms with Crippen LogP contribution in [0.25, 0.3) is 0 Å². The molecule has 4 nitrogen and oxygen atoms in total. The van der Waals surface area contributed by atoms with Crippen LogP contribution in [0, 0.1) is 5.92 Å². The van der Waals surface area contributed by atoms with E-state index < -0.39 is 0 Å². The lowest BCUT2D eigenvalue weighted by atomic mass is 10.2. The van der Waals surface area contributed by atoms with Gasteiger partial charge in [-0.25, -0.2) is 0 Å². The van der Waals surface area contributed by atoms with Crippen molar-refractivity contribution in [2.45, 2.75) is 26.4 Å². The zero-order chi connectivity index (χ0) is 11.5. The summed E-state index contributed by atoms with van der Waals surface area (Å²) in [5, 5.41) is 10.1. The van der Waals surface area contributed by atoms with Crippen LogP contribution in [0.1, 0.15) is 30.6 Å². The van der Waals surface area contributed by atoms with E-state index in [1.54, 1.807) is 17.7 Å². The second-order valence-corrected chi connectivity index (χ2v) is 5.21. The third kappa shape index (κ3) is 2.31. The first-order chi connectivity index (χ1) is 7.68.